The van der Waals surface area contributed by atoms with Crippen LogP contribution in [0.25, 0.3) is 0 Å². The molecule has 0 fully saturated rings. The van der Waals surface area contributed by atoms with E-state index in [1.54, 1.807) is 0 Å². The first-order valence-corrected chi connectivity index (χ1v) is 12.3. The van der Waals surface area contributed by atoms with E-state index < -0.39 is 5.60 Å². The maximum absolute atomic E-state index is 12.1. The highest BCUT2D eigenvalue weighted by Gasteiger charge is 2.19. The third kappa shape index (κ3) is 8.39. The van der Waals surface area contributed by atoms with Crippen LogP contribution in [-0.4, -0.2) is 17.2 Å². The second kappa shape index (κ2) is 9.88. The minimum absolute atomic E-state index is 0.234. The van der Waals surface area contributed by atoms with Crippen LogP contribution in [0.15, 0.2) is 30.3 Å². The molecule has 0 bridgehead atoms. The molecule has 0 saturated heterocycles. The minimum Gasteiger partial charge on any atom is -0.487 e. The molecule has 0 atom stereocenters. The van der Waals surface area contributed by atoms with Crippen molar-refractivity contribution < 1.29 is 19.0 Å². The zero-order valence-electron chi connectivity index (χ0n) is 17.4. The quantitative estimate of drug-likeness (QED) is 0.238. The number of rotatable bonds is 5. The lowest BCUT2D eigenvalue weighted by Crippen LogP contribution is -2.24. The van der Waals surface area contributed by atoms with Gasteiger partial charge in [-0.25, -0.2) is 0 Å². The topological polar surface area (TPSA) is 44.8 Å². The van der Waals surface area contributed by atoms with Crippen LogP contribution < -0.4 is 9.47 Å². The monoisotopic (exact) mass is 734 g/mol. The van der Waals surface area contributed by atoms with Gasteiger partial charge in [0.25, 0.3) is 0 Å². The molecule has 158 valence electrons. The van der Waals surface area contributed by atoms with Crippen LogP contribution in [0.4, 0.5) is 0 Å². The Morgan fingerprint density at radius 3 is 1.93 bits per heavy atom. The first kappa shape index (κ1) is 25.0. The maximum Gasteiger partial charge on any atom is 0.310 e. The molecule has 2 aromatic rings. The fourth-order valence-electron chi connectivity index (χ4n) is 2.43. The lowest BCUT2D eigenvalue weighted by atomic mass is 10.1. The van der Waals surface area contributed by atoms with E-state index in [1.165, 1.54) is 0 Å². The number of carbonyl (C=O) groups excluding carboxylic acids is 1. The molecule has 0 unspecified atom stereocenters. The molecule has 7 heteroatoms. The molecule has 2 rings (SSSR count). The smallest absolute Gasteiger partial charge is 0.310 e. The van der Waals surface area contributed by atoms with Crippen molar-refractivity contribution in [1.82, 2.24) is 0 Å². The third-order valence-corrected chi connectivity index (χ3v) is 5.81. The van der Waals surface area contributed by atoms with E-state index in [-0.39, 0.29) is 18.0 Å². The van der Waals surface area contributed by atoms with Gasteiger partial charge in [0.05, 0.1) is 17.1 Å². The molecule has 0 aliphatic carbocycles. The third-order valence-electron chi connectivity index (χ3n) is 3.37. The molecule has 0 aliphatic rings. The van der Waals surface area contributed by atoms with Crippen LogP contribution in [0, 0.1) is 10.7 Å². The summed E-state index contributed by atoms with van der Waals surface area (Å²) in [6, 6.07) is 9.72. The van der Waals surface area contributed by atoms with Crippen molar-refractivity contribution in [2.24, 2.45) is 0 Å². The van der Waals surface area contributed by atoms with Gasteiger partial charge in [-0.3, -0.25) is 4.79 Å². The molecule has 0 radical (unpaired) electrons. The second-order valence-electron chi connectivity index (χ2n) is 8.56. The average molecular weight is 734 g/mol. The summed E-state index contributed by atoms with van der Waals surface area (Å²) in [7, 11) is 0. The van der Waals surface area contributed by atoms with Crippen molar-refractivity contribution in [2.75, 3.05) is 0 Å². The normalized spacial score (nSPS) is 11.9. The number of halogens is 3. The molecule has 0 amide bonds. The van der Waals surface area contributed by atoms with Gasteiger partial charge in [-0.05, 0) is 145 Å². The van der Waals surface area contributed by atoms with Gasteiger partial charge in [-0.1, -0.05) is 0 Å². The predicted octanol–water partition coefficient (Wildman–Crippen LogP) is 7.35. The molecule has 0 N–H and O–H groups in total. The summed E-state index contributed by atoms with van der Waals surface area (Å²) < 4.78 is 20.4. The molecule has 29 heavy (non-hydrogen) atoms. The summed E-state index contributed by atoms with van der Waals surface area (Å²) >= 11 is 6.73. The van der Waals surface area contributed by atoms with Crippen LogP contribution in [0.2, 0.25) is 0 Å². The van der Waals surface area contributed by atoms with Crippen LogP contribution in [0.5, 0.6) is 17.2 Å². The Morgan fingerprint density at radius 2 is 1.45 bits per heavy atom. The average Bonchev–Trinajstić information content (AvgIpc) is 2.50. The fraction of sp³-hybridized carbons (Fsp3) is 0.409. The summed E-state index contributed by atoms with van der Waals surface area (Å²) in [6.07, 6.45) is 0.236. The van der Waals surface area contributed by atoms with Crippen LogP contribution in [0.3, 0.4) is 0 Å². The van der Waals surface area contributed by atoms with Crippen molar-refractivity contribution >= 4 is 73.7 Å². The lowest BCUT2D eigenvalue weighted by Gasteiger charge is -2.22. The van der Waals surface area contributed by atoms with E-state index in [9.17, 15) is 4.79 Å². The van der Waals surface area contributed by atoms with Gasteiger partial charge >= 0.3 is 5.97 Å². The molecule has 0 aliphatic heterocycles. The van der Waals surface area contributed by atoms with Gasteiger partial charge in [-0.2, -0.15) is 0 Å². The highest BCUT2D eigenvalue weighted by Crippen LogP contribution is 2.35. The zero-order chi connectivity index (χ0) is 22.0. The number of carbonyl (C=O) groups is 1. The van der Waals surface area contributed by atoms with Gasteiger partial charge in [-0.15, -0.1) is 0 Å². The van der Waals surface area contributed by atoms with Gasteiger partial charge in [0.15, 0.2) is 5.75 Å². The van der Waals surface area contributed by atoms with Crippen molar-refractivity contribution in [3.8, 4) is 17.2 Å². The van der Waals surface area contributed by atoms with Gasteiger partial charge < -0.3 is 14.2 Å². The molecule has 4 nitrogen and oxygen atoms in total. The summed E-state index contributed by atoms with van der Waals surface area (Å²) in [5, 5.41) is 0. The van der Waals surface area contributed by atoms with E-state index in [2.05, 4.69) is 67.8 Å². The molecular weight excluding hydrogens is 709 g/mol. The molecule has 0 spiro atoms. The van der Waals surface area contributed by atoms with Crippen molar-refractivity contribution in [2.45, 2.75) is 59.2 Å². The van der Waals surface area contributed by atoms with E-state index in [0.717, 1.165) is 33.5 Å². The van der Waals surface area contributed by atoms with Crippen molar-refractivity contribution in [3.63, 3.8) is 0 Å². The molecular formula is C22H25I3O4. The van der Waals surface area contributed by atoms with Crippen molar-refractivity contribution in [1.29, 1.82) is 0 Å². The number of hydrogen-bond acceptors (Lipinski definition) is 4. The Morgan fingerprint density at radius 1 is 0.862 bits per heavy atom. The Kier molecular flexibility index (Phi) is 8.51. The zero-order valence-corrected chi connectivity index (χ0v) is 23.8. The standard InChI is InChI=1S/C22H25I3O4/c1-21(2,3)28-18-8-7-14(12-15(18)23)27-20-16(24)9-13(10-17(20)25)11-19(26)29-22(4,5)6/h7-10,12H,11H2,1-6H3. The van der Waals surface area contributed by atoms with E-state index in [4.69, 9.17) is 14.2 Å². The fourth-order valence-corrected chi connectivity index (χ4v) is 5.15. The predicted molar refractivity (Wildman–Crippen MR) is 141 cm³/mol. The summed E-state index contributed by atoms with van der Waals surface area (Å²) in [5.41, 5.74) is 0.168. The van der Waals surface area contributed by atoms with Crippen LogP contribution >= 0.6 is 67.8 Å². The van der Waals surface area contributed by atoms with Crippen molar-refractivity contribution in [3.05, 3.63) is 46.6 Å². The van der Waals surface area contributed by atoms with E-state index >= 15 is 0 Å². The number of esters is 1. The van der Waals surface area contributed by atoms with Crippen LogP contribution in [-0.2, 0) is 16.0 Å². The first-order valence-electron chi connectivity index (χ1n) is 9.10. The summed E-state index contributed by atoms with van der Waals surface area (Å²) in [4.78, 5) is 12.1. The first-order chi connectivity index (χ1) is 13.2. The van der Waals surface area contributed by atoms with Gasteiger partial charge in [0.1, 0.15) is 22.7 Å². The lowest BCUT2D eigenvalue weighted by molar-refractivity contribution is -0.153. The Bertz CT molecular complexity index is 873. The summed E-state index contributed by atoms with van der Waals surface area (Å²) in [6.45, 7) is 11.7. The number of hydrogen-bond donors (Lipinski definition) is 0. The van der Waals surface area contributed by atoms with Crippen LogP contribution in [0.1, 0.15) is 47.1 Å². The number of ether oxygens (including phenoxy) is 3. The maximum atomic E-state index is 12.1. The second-order valence-corrected chi connectivity index (χ2v) is 12.0. The largest absolute Gasteiger partial charge is 0.487 e. The van der Waals surface area contributed by atoms with E-state index in [0.29, 0.717) is 0 Å². The van der Waals surface area contributed by atoms with Gasteiger partial charge in [0.2, 0.25) is 0 Å². The number of benzene rings is 2. The highest BCUT2D eigenvalue weighted by molar-refractivity contribution is 14.1. The summed E-state index contributed by atoms with van der Waals surface area (Å²) in [5.74, 6) is 2.12. The SMILES string of the molecule is CC(C)(C)OC(=O)Cc1cc(I)c(Oc2ccc(OC(C)(C)C)c(I)c2)c(I)c1. The van der Waals surface area contributed by atoms with Gasteiger partial charge in [0, 0.05) is 0 Å². The molecule has 2 aromatic carbocycles. The minimum atomic E-state index is -0.486. The Balaban J connectivity index is 2.18. The molecule has 0 heterocycles. The molecule has 0 saturated carbocycles. The van der Waals surface area contributed by atoms with E-state index in [1.807, 2.05) is 71.9 Å². The highest BCUT2D eigenvalue weighted by atomic mass is 127. The Hall–Kier alpha value is -0.300. The molecule has 0 aromatic heterocycles. The Labute approximate surface area is 213 Å².